The second-order valence-corrected chi connectivity index (χ2v) is 7.90. The van der Waals surface area contributed by atoms with Crippen molar-refractivity contribution in [2.75, 3.05) is 4.90 Å². The first-order valence-corrected chi connectivity index (χ1v) is 9.60. The van der Waals surface area contributed by atoms with Crippen LogP contribution in [-0.2, 0) is 0 Å². The Morgan fingerprint density at radius 3 is 1.96 bits per heavy atom. The van der Waals surface area contributed by atoms with Gasteiger partial charge in [-0.15, -0.1) is 0 Å². The Bertz CT molecular complexity index is 1100. The Balaban J connectivity index is 2.11. The number of hydrogen-bond acceptors (Lipinski definition) is 1. The van der Waals surface area contributed by atoms with Crippen molar-refractivity contribution in [3.8, 4) is 0 Å². The van der Waals surface area contributed by atoms with E-state index in [4.69, 9.17) is 0 Å². The Morgan fingerprint density at radius 2 is 1.31 bits per heavy atom. The SMILES string of the molecule is Cc1ccc(N(C(C)C)C(C)C)c2ccc3cc4ccccc4cc3c12. The molecule has 0 fully saturated rings. The van der Waals surface area contributed by atoms with E-state index in [-0.39, 0.29) is 0 Å². The molecule has 0 aliphatic rings. The molecule has 0 amide bonds. The number of anilines is 1. The summed E-state index contributed by atoms with van der Waals surface area (Å²) in [5, 5.41) is 8.03. The summed E-state index contributed by atoms with van der Waals surface area (Å²) < 4.78 is 0. The third kappa shape index (κ3) is 2.63. The molecule has 0 aliphatic carbocycles. The summed E-state index contributed by atoms with van der Waals surface area (Å²) in [6, 6.07) is 23.4. The van der Waals surface area contributed by atoms with Crippen LogP contribution < -0.4 is 4.90 Å². The predicted octanol–water partition coefficient (Wildman–Crippen LogP) is 7.08. The molecule has 1 heteroatoms. The summed E-state index contributed by atoms with van der Waals surface area (Å²) >= 11 is 0. The van der Waals surface area contributed by atoms with E-state index in [1.165, 1.54) is 43.6 Å². The van der Waals surface area contributed by atoms with Crippen LogP contribution in [0.5, 0.6) is 0 Å². The number of fused-ring (bicyclic) bond motifs is 4. The summed E-state index contributed by atoms with van der Waals surface area (Å²) in [5.41, 5.74) is 2.68. The van der Waals surface area contributed by atoms with E-state index in [2.05, 4.69) is 100 Å². The van der Waals surface area contributed by atoms with E-state index in [0.29, 0.717) is 12.1 Å². The van der Waals surface area contributed by atoms with Gasteiger partial charge in [0.05, 0.1) is 0 Å². The third-order valence-electron chi connectivity index (χ3n) is 5.44. The van der Waals surface area contributed by atoms with E-state index in [1.807, 2.05) is 0 Å². The van der Waals surface area contributed by atoms with Gasteiger partial charge in [-0.1, -0.05) is 42.5 Å². The van der Waals surface area contributed by atoms with Crippen molar-refractivity contribution < 1.29 is 0 Å². The average molecular weight is 341 g/mol. The largest absolute Gasteiger partial charge is 0.366 e. The lowest BCUT2D eigenvalue weighted by atomic mass is 9.94. The number of aryl methyl sites for hydroxylation is 1. The zero-order valence-corrected chi connectivity index (χ0v) is 16.4. The Labute approximate surface area is 156 Å². The molecule has 132 valence electrons. The summed E-state index contributed by atoms with van der Waals surface area (Å²) in [4.78, 5) is 2.52. The lowest BCUT2D eigenvalue weighted by Crippen LogP contribution is -2.37. The number of nitrogens with zero attached hydrogens (tertiary/aromatic N) is 1. The topological polar surface area (TPSA) is 3.24 Å². The van der Waals surface area contributed by atoms with Crippen LogP contribution in [-0.4, -0.2) is 12.1 Å². The highest BCUT2D eigenvalue weighted by molar-refractivity contribution is 6.16. The van der Waals surface area contributed by atoms with Crippen LogP contribution in [0.1, 0.15) is 33.3 Å². The molecule has 0 saturated heterocycles. The van der Waals surface area contributed by atoms with Crippen LogP contribution in [0.25, 0.3) is 32.3 Å². The van der Waals surface area contributed by atoms with Gasteiger partial charge in [-0.05, 0) is 85.3 Å². The molecular weight excluding hydrogens is 314 g/mol. The van der Waals surface area contributed by atoms with Gasteiger partial charge < -0.3 is 4.90 Å². The molecule has 26 heavy (non-hydrogen) atoms. The van der Waals surface area contributed by atoms with Gasteiger partial charge in [0.15, 0.2) is 0 Å². The van der Waals surface area contributed by atoms with Crippen LogP contribution in [0.2, 0.25) is 0 Å². The van der Waals surface area contributed by atoms with Crippen molar-refractivity contribution in [1.82, 2.24) is 0 Å². The molecule has 1 nitrogen and oxygen atoms in total. The van der Waals surface area contributed by atoms with Crippen molar-refractivity contribution in [3.63, 3.8) is 0 Å². The average Bonchev–Trinajstić information content (AvgIpc) is 2.61. The first kappa shape index (κ1) is 16.9. The molecule has 0 N–H and O–H groups in total. The zero-order chi connectivity index (χ0) is 18.4. The van der Waals surface area contributed by atoms with Crippen LogP contribution in [0.15, 0.2) is 60.7 Å². The fourth-order valence-electron chi connectivity index (χ4n) is 4.41. The summed E-state index contributed by atoms with van der Waals surface area (Å²) in [5.74, 6) is 0. The lowest BCUT2D eigenvalue weighted by molar-refractivity contribution is 0.610. The Hall–Kier alpha value is -2.54. The molecular formula is C25H27N. The van der Waals surface area contributed by atoms with Gasteiger partial charge in [0.1, 0.15) is 0 Å². The highest BCUT2D eigenvalue weighted by atomic mass is 15.2. The van der Waals surface area contributed by atoms with Gasteiger partial charge in [-0.25, -0.2) is 0 Å². The highest BCUT2D eigenvalue weighted by Crippen LogP contribution is 2.37. The van der Waals surface area contributed by atoms with E-state index < -0.39 is 0 Å². The van der Waals surface area contributed by atoms with E-state index >= 15 is 0 Å². The van der Waals surface area contributed by atoms with E-state index in [1.54, 1.807) is 0 Å². The molecule has 0 aliphatic heterocycles. The molecule has 0 radical (unpaired) electrons. The summed E-state index contributed by atoms with van der Waals surface area (Å²) in [7, 11) is 0. The minimum atomic E-state index is 0.466. The second-order valence-electron chi connectivity index (χ2n) is 7.90. The van der Waals surface area contributed by atoms with Gasteiger partial charge in [0.2, 0.25) is 0 Å². The van der Waals surface area contributed by atoms with Gasteiger partial charge in [-0.3, -0.25) is 0 Å². The Kier molecular flexibility index (Phi) is 4.11. The molecule has 0 spiro atoms. The van der Waals surface area contributed by atoms with Crippen LogP contribution >= 0.6 is 0 Å². The van der Waals surface area contributed by atoms with Crippen LogP contribution in [0.4, 0.5) is 5.69 Å². The molecule has 4 rings (SSSR count). The first-order valence-electron chi connectivity index (χ1n) is 9.60. The molecule has 0 unspecified atom stereocenters. The number of benzene rings is 4. The van der Waals surface area contributed by atoms with E-state index in [0.717, 1.165) is 0 Å². The fraction of sp³-hybridized carbons (Fsp3) is 0.280. The molecule has 0 atom stereocenters. The zero-order valence-electron chi connectivity index (χ0n) is 16.4. The van der Waals surface area contributed by atoms with Gasteiger partial charge in [0, 0.05) is 23.2 Å². The maximum Gasteiger partial charge on any atom is 0.0450 e. The lowest BCUT2D eigenvalue weighted by Gasteiger charge is -2.34. The number of hydrogen-bond donors (Lipinski definition) is 0. The maximum absolute atomic E-state index is 2.52. The van der Waals surface area contributed by atoms with Gasteiger partial charge in [0.25, 0.3) is 0 Å². The van der Waals surface area contributed by atoms with Gasteiger partial charge in [-0.2, -0.15) is 0 Å². The van der Waals surface area contributed by atoms with Crippen molar-refractivity contribution >= 4 is 38.0 Å². The molecule has 0 heterocycles. The number of rotatable bonds is 3. The predicted molar refractivity (Wildman–Crippen MR) is 116 cm³/mol. The van der Waals surface area contributed by atoms with Crippen molar-refractivity contribution in [2.45, 2.75) is 46.7 Å². The minimum absolute atomic E-state index is 0.466. The van der Waals surface area contributed by atoms with E-state index in [9.17, 15) is 0 Å². The maximum atomic E-state index is 2.52. The highest BCUT2D eigenvalue weighted by Gasteiger charge is 2.18. The molecule has 0 aromatic heterocycles. The monoisotopic (exact) mass is 341 g/mol. The minimum Gasteiger partial charge on any atom is -0.366 e. The standard InChI is InChI=1S/C25H27N/c1-16(2)26(17(3)4)24-13-10-18(5)25-22(24)12-11-21-14-19-8-6-7-9-20(19)15-23(21)25/h6-17H,1-5H3. The Morgan fingerprint density at radius 1 is 0.654 bits per heavy atom. The smallest absolute Gasteiger partial charge is 0.0450 e. The van der Waals surface area contributed by atoms with Crippen LogP contribution in [0, 0.1) is 6.92 Å². The normalized spacial score (nSPS) is 12.0. The second kappa shape index (κ2) is 6.32. The summed E-state index contributed by atoms with van der Waals surface area (Å²) in [6.45, 7) is 11.3. The quantitative estimate of drug-likeness (QED) is 0.284. The van der Waals surface area contributed by atoms with Crippen molar-refractivity contribution in [3.05, 3.63) is 66.2 Å². The summed E-state index contributed by atoms with van der Waals surface area (Å²) in [6.07, 6.45) is 0. The molecule has 4 aromatic carbocycles. The first-order chi connectivity index (χ1) is 12.5. The van der Waals surface area contributed by atoms with Crippen LogP contribution in [0.3, 0.4) is 0 Å². The third-order valence-corrected chi connectivity index (χ3v) is 5.44. The molecule has 0 saturated carbocycles. The van der Waals surface area contributed by atoms with Crippen molar-refractivity contribution in [1.29, 1.82) is 0 Å². The molecule has 0 bridgehead atoms. The fourth-order valence-corrected chi connectivity index (χ4v) is 4.41. The van der Waals surface area contributed by atoms with Crippen molar-refractivity contribution in [2.24, 2.45) is 0 Å². The molecule has 4 aromatic rings. The van der Waals surface area contributed by atoms with Gasteiger partial charge >= 0.3 is 0 Å².